The highest BCUT2D eigenvalue weighted by molar-refractivity contribution is 5.71. The van der Waals surface area contributed by atoms with Crippen LogP contribution in [0.15, 0.2) is 121 Å². The average Bonchev–Trinajstić information content (AvgIpc) is 3.40. The van der Waals surface area contributed by atoms with Crippen LogP contribution in [0.1, 0.15) is 135 Å². The molecule has 0 spiro atoms. The first-order valence-electron chi connectivity index (χ1n) is 22.7. The molecule has 0 amide bonds. The van der Waals surface area contributed by atoms with Crippen LogP contribution in [-0.2, 0) is 0 Å². The maximum Gasteiger partial charge on any atom is 0.126 e. The van der Waals surface area contributed by atoms with E-state index in [1.54, 1.807) is 121 Å². The van der Waals surface area contributed by atoms with E-state index in [1.807, 2.05) is 0 Å². The van der Waals surface area contributed by atoms with Gasteiger partial charge in [-0.3, -0.25) is 0 Å². The number of hydrogen-bond donors (Lipinski definition) is 8. The Morgan fingerprint density at radius 1 is 0.264 bits per heavy atom. The monoisotopic (exact) mass is 948 g/mol. The van der Waals surface area contributed by atoms with Crippen molar-refractivity contribution in [2.45, 2.75) is 51.4 Å². The molecule has 8 aromatic carbocycles. The standard InChI is InChI=1S/C60H44N4O8/c1-29-53(65)41-21-42(54(29)66)50(38-15-7-34(26-62)8-16-38)44-23-46(58(70)31(3)56(44)68)52(40-19-11-36(28-64)12-20-40)48-24-47(59(71)32(4)60(48)72)51(39-17-9-35(27-63)10-18-39)45-22-43(55(67)30(2)57(45)69)49(41)37-13-5-33(25-61)6-14-37/h5-24,49-52,65-72H,1-4H3. The first-order valence-corrected chi connectivity index (χ1v) is 22.7. The molecule has 8 N–H and O–H groups in total. The van der Waals surface area contributed by atoms with Crippen molar-refractivity contribution in [1.29, 1.82) is 21.0 Å². The van der Waals surface area contributed by atoms with Crippen LogP contribution in [0.2, 0.25) is 0 Å². The Balaban J connectivity index is 1.54. The molecule has 12 heteroatoms. The van der Waals surface area contributed by atoms with Gasteiger partial charge in [-0.1, -0.05) is 48.5 Å². The molecule has 0 fully saturated rings. The van der Waals surface area contributed by atoms with E-state index in [0.717, 1.165) is 0 Å². The predicted molar refractivity (Wildman–Crippen MR) is 266 cm³/mol. The summed E-state index contributed by atoms with van der Waals surface area (Å²) in [4.78, 5) is 0. The van der Waals surface area contributed by atoms with Gasteiger partial charge in [-0.15, -0.1) is 0 Å². The molecule has 0 heterocycles. The molecule has 8 aromatic rings. The predicted octanol–water partition coefficient (Wildman–Crippen LogP) is 11.1. The fourth-order valence-corrected chi connectivity index (χ4v) is 10.3. The second-order valence-electron chi connectivity index (χ2n) is 18.2. The average molecular weight is 949 g/mol. The van der Waals surface area contributed by atoms with Gasteiger partial charge in [0.15, 0.2) is 0 Å². The lowest BCUT2D eigenvalue weighted by Crippen LogP contribution is -2.14. The van der Waals surface area contributed by atoms with Crippen molar-refractivity contribution >= 4 is 0 Å². The summed E-state index contributed by atoms with van der Waals surface area (Å²) >= 11 is 0. The Bertz CT molecular complexity index is 3100. The van der Waals surface area contributed by atoms with Crippen molar-refractivity contribution in [2.75, 3.05) is 0 Å². The summed E-state index contributed by atoms with van der Waals surface area (Å²) in [5, 5.41) is 139. The number of hydrogen-bond acceptors (Lipinski definition) is 12. The summed E-state index contributed by atoms with van der Waals surface area (Å²) in [6.07, 6.45) is 0. The maximum atomic E-state index is 12.4. The molecular weight excluding hydrogens is 905 g/mol. The molecule has 9 rings (SSSR count). The van der Waals surface area contributed by atoms with Gasteiger partial charge in [0.25, 0.3) is 0 Å². The molecular formula is C60H44N4O8. The van der Waals surface area contributed by atoms with Gasteiger partial charge in [0.05, 0.1) is 46.5 Å². The number of aromatic hydroxyl groups is 8. The van der Waals surface area contributed by atoms with E-state index in [4.69, 9.17) is 0 Å². The molecule has 352 valence electrons. The second-order valence-corrected chi connectivity index (χ2v) is 18.2. The first-order chi connectivity index (χ1) is 34.5. The van der Waals surface area contributed by atoms with Crippen molar-refractivity contribution in [3.8, 4) is 70.3 Å². The highest BCUT2D eigenvalue weighted by Crippen LogP contribution is 2.56. The third-order valence-corrected chi connectivity index (χ3v) is 14.3. The number of nitrogens with zero attached hydrogens (tertiary/aromatic N) is 4. The second kappa shape index (κ2) is 18.2. The third-order valence-electron chi connectivity index (χ3n) is 14.3. The number of rotatable bonds is 4. The molecule has 12 nitrogen and oxygen atoms in total. The van der Waals surface area contributed by atoms with E-state index in [-0.39, 0.29) is 113 Å². The number of benzene rings is 8. The van der Waals surface area contributed by atoms with E-state index >= 15 is 0 Å². The van der Waals surface area contributed by atoms with Crippen LogP contribution in [0, 0.1) is 73.0 Å². The zero-order valence-electron chi connectivity index (χ0n) is 39.2. The molecule has 0 aromatic heterocycles. The SMILES string of the molecule is Cc1c(O)c2cc(c1O)C(c1ccc(C#N)cc1)c1cc(c(O)c(C)c1O)C(c1ccc(C#N)cc1)c1cc(c(O)c(C)c1O)C(c1ccc(C#N)cc1)c1cc(c(O)c(C)c1O)C2c1ccc(C#N)cc1. The van der Waals surface area contributed by atoms with Gasteiger partial charge in [-0.25, -0.2) is 0 Å². The number of phenols is 8. The molecule has 0 atom stereocenters. The minimum atomic E-state index is -1.14. The van der Waals surface area contributed by atoms with Crippen LogP contribution in [0.5, 0.6) is 46.0 Å². The quantitative estimate of drug-likeness (QED) is 0.0820. The lowest BCUT2D eigenvalue weighted by atomic mass is 9.73. The van der Waals surface area contributed by atoms with Crippen molar-refractivity contribution in [3.05, 3.63) is 233 Å². The minimum Gasteiger partial charge on any atom is -0.507 e. The van der Waals surface area contributed by atoms with Crippen LogP contribution in [0.3, 0.4) is 0 Å². The molecule has 72 heavy (non-hydrogen) atoms. The van der Waals surface area contributed by atoms with Crippen LogP contribution in [-0.4, -0.2) is 40.9 Å². The van der Waals surface area contributed by atoms with Crippen molar-refractivity contribution in [3.63, 3.8) is 0 Å². The summed E-state index contributed by atoms with van der Waals surface area (Å²) in [5.41, 5.74) is 4.31. The Hall–Kier alpha value is -9.88. The number of fused-ring (bicyclic) bond motifs is 8. The first kappa shape index (κ1) is 47.2. The van der Waals surface area contributed by atoms with Gasteiger partial charge in [-0.05, 0) is 123 Å². The lowest BCUT2D eigenvalue weighted by Gasteiger charge is -2.31. The van der Waals surface area contributed by atoms with Gasteiger partial charge in [0, 0.05) is 90.4 Å². The molecule has 1 aliphatic carbocycles. The van der Waals surface area contributed by atoms with Crippen LogP contribution < -0.4 is 0 Å². The molecule has 0 unspecified atom stereocenters. The zero-order valence-corrected chi connectivity index (χ0v) is 39.2. The summed E-state index contributed by atoms with van der Waals surface area (Å²) in [7, 11) is 0. The molecule has 0 saturated heterocycles. The fourth-order valence-electron chi connectivity index (χ4n) is 10.3. The maximum absolute atomic E-state index is 12.4. The van der Waals surface area contributed by atoms with Gasteiger partial charge in [0.2, 0.25) is 0 Å². The highest BCUT2D eigenvalue weighted by atomic mass is 16.3. The Labute approximate surface area is 414 Å². The summed E-state index contributed by atoms with van der Waals surface area (Å²) in [6, 6.07) is 40.6. The van der Waals surface area contributed by atoms with E-state index in [9.17, 15) is 61.9 Å². The van der Waals surface area contributed by atoms with Crippen molar-refractivity contribution < 1.29 is 40.9 Å². The highest BCUT2D eigenvalue weighted by Gasteiger charge is 2.37. The van der Waals surface area contributed by atoms with E-state index in [2.05, 4.69) is 24.3 Å². The van der Waals surface area contributed by atoms with Crippen LogP contribution in [0.4, 0.5) is 0 Å². The van der Waals surface area contributed by atoms with E-state index < -0.39 is 23.7 Å². The minimum absolute atomic E-state index is 0.0116. The third kappa shape index (κ3) is 7.61. The van der Waals surface area contributed by atoms with E-state index in [1.165, 1.54) is 27.7 Å². The zero-order chi connectivity index (χ0) is 51.4. The fraction of sp³-hybridized carbons (Fsp3) is 0.133. The largest absolute Gasteiger partial charge is 0.507 e. The van der Waals surface area contributed by atoms with Gasteiger partial charge >= 0.3 is 0 Å². The molecule has 0 aliphatic heterocycles. The topological polar surface area (TPSA) is 257 Å². The van der Waals surface area contributed by atoms with Crippen molar-refractivity contribution in [2.24, 2.45) is 0 Å². The van der Waals surface area contributed by atoms with Crippen LogP contribution in [0.25, 0.3) is 0 Å². The van der Waals surface area contributed by atoms with Gasteiger partial charge in [-0.2, -0.15) is 21.0 Å². The van der Waals surface area contributed by atoms with Gasteiger partial charge in [0.1, 0.15) is 46.0 Å². The number of nitriles is 4. The Kier molecular flexibility index (Phi) is 11.9. The molecule has 0 radical (unpaired) electrons. The molecule has 8 bridgehead atoms. The molecule has 0 saturated carbocycles. The smallest absolute Gasteiger partial charge is 0.126 e. The van der Waals surface area contributed by atoms with Gasteiger partial charge < -0.3 is 40.9 Å². The normalized spacial score (nSPS) is 15.9. The summed E-state index contributed by atoms with van der Waals surface area (Å²) < 4.78 is 0. The summed E-state index contributed by atoms with van der Waals surface area (Å²) in [6.45, 7) is 6.02. The lowest BCUT2D eigenvalue weighted by molar-refractivity contribution is 0.423. The summed E-state index contributed by atoms with van der Waals surface area (Å²) in [5.74, 6) is -7.51. The molecule has 1 aliphatic rings. The Morgan fingerprint density at radius 2 is 0.403 bits per heavy atom. The Morgan fingerprint density at radius 3 is 0.528 bits per heavy atom. The number of phenolic OH excluding ortho intramolecular Hbond substituents is 8. The van der Waals surface area contributed by atoms with Crippen LogP contribution >= 0.6 is 0 Å². The van der Waals surface area contributed by atoms with Crippen molar-refractivity contribution in [1.82, 2.24) is 0 Å². The van der Waals surface area contributed by atoms with E-state index in [0.29, 0.717) is 44.5 Å².